The molecule has 0 unspecified atom stereocenters. The number of piperidine rings is 1. The van der Waals surface area contributed by atoms with Crippen LogP contribution in [0.1, 0.15) is 30.1 Å². The lowest BCUT2D eigenvalue weighted by molar-refractivity contribution is -0.120. The van der Waals surface area contributed by atoms with E-state index in [9.17, 15) is 9.59 Å². The van der Waals surface area contributed by atoms with E-state index in [0.29, 0.717) is 12.1 Å². The number of amides is 2. The number of hydrogen-bond donors (Lipinski definition) is 3. The van der Waals surface area contributed by atoms with Crippen molar-refractivity contribution in [2.45, 2.75) is 19.8 Å². The van der Waals surface area contributed by atoms with Gasteiger partial charge in [0, 0.05) is 24.3 Å². The fourth-order valence-electron chi connectivity index (χ4n) is 2.29. The topological polar surface area (TPSA) is 70.2 Å². The molecule has 1 aliphatic heterocycles. The largest absolute Gasteiger partial charge is 0.352 e. The van der Waals surface area contributed by atoms with Crippen LogP contribution in [0, 0.1) is 5.92 Å². The number of hydrogen-bond acceptors (Lipinski definition) is 3. The third-order valence-electron chi connectivity index (χ3n) is 3.42. The van der Waals surface area contributed by atoms with Crippen LogP contribution in [0.5, 0.6) is 0 Å². The minimum atomic E-state index is -0.0955. The first-order chi connectivity index (χ1) is 9.70. The second-order valence-corrected chi connectivity index (χ2v) is 4.97. The molecule has 1 saturated heterocycles. The van der Waals surface area contributed by atoms with E-state index in [2.05, 4.69) is 16.0 Å². The zero-order chi connectivity index (χ0) is 14.4. The molecule has 108 valence electrons. The average molecular weight is 275 g/mol. The van der Waals surface area contributed by atoms with E-state index in [1.54, 1.807) is 24.3 Å². The highest BCUT2D eigenvalue weighted by atomic mass is 16.2. The Hall–Kier alpha value is -1.88. The summed E-state index contributed by atoms with van der Waals surface area (Å²) in [6.07, 6.45) is 1.96. The number of rotatable bonds is 4. The lowest BCUT2D eigenvalue weighted by atomic mass is 9.99. The maximum Gasteiger partial charge on any atom is 0.251 e. The molecule has 0 bridgehead atoms. The Bertz CT molecular complexity index is 465. The van der Waals surface area contributed by atoms with E-state index in [0.717, 1.165) is 31.6 Å². The molecule has 1 fully saturated rings. The maximum atomic E-state index is 12.1. The van der Waals surface area contributed by atoms with Gasteiger partial charge in [-0.3, -0.25) is 9.59 Å². The zero-order valence-corrected chi connectivity index (χ0v) is 11.7. The summed E-state index contributed by atoms with van der Waals surface area (Å²) in [7, 11) is 0. The summed E-state index contributed by atoms with van der Waals surface area (Å²) in [5.74, 6) is -0.0170. The molecule has 0 aliphatic carbocycles. The fourth-order valence-corrected chi connectivity index (χ4v) is 2.29. The number of anilines is 1. The van der Waals surface area contributed by atoms with E-state index < -0.39 is 0 Å². The summed E-state index contributed by atoms with van der Waals surface area (Å²) < 4.78 is 0. The number of carbonyl (C=O) groups excluding carboxylic acids is 2. The SMILES string of the molecule is CCNC(=O)c1ccc(NC(=O)[C@H]2CCCNC2)cc1. The van der Waals surface area contributed by atoms with E-state index in [1.807, 2.05) is 6.92 Å². The summed E-state index contributed by atoms with van der Waals surface area (Å²) in [5.41, 5.74) is 1.33. The second-order valence-electron chi connectivity index (χ2n) is 4.97. The second kappa shape index (κ2) is 7.05. The smallest absolute Gasteiger partial charge is 0.251 e. The van der Waals surface area contributed by atoms with Crippen molar-refractivity contribution in [3.05, 3.63) is 29.8 Å². The summed E-state index contributed by atoms with van der Waals surface area (Å²) >= 11 is 0. The molecule has 2 rings (SSSR count). The van der Waals surface area contributed by atoms with Gasteiger partial charge in [0.2, 0.25) is 5.91 Å². The first kappa shape index (κ1) is 14.5. The van der Waals surface area contributed by atoms with E-state index >= 15 is 0 Å². The molecule has 1 aliphatic rings. The summed E-state index contributed by atoms with van der Waals surface area (Å²) in [5, 5.41) is 8.86. The molecule has 0 radical (unpaired) electrons. The van der Waals surface area contributed by atoms with Crippen LogP contribution in [0.3, 0.4) is 0 Å². The first-order valence-electron chi connectivity index (χ1n) is 7.10. The van der Waals surface area contributed by atoms with Gasteiger partial charge in [0.15, 0.2) is 0 Å². The van der Waals surface area contributed by atoms with Crippen LogP contribution in [0.2, 0.25) is 0 Å². The van der Waals surface area contributed by atoms with Gasteiger partial charge < -0.3 is 16.0 Å². The van der Waals surface area contributed by atoms with E-state index in [4.69, 9.17) is 0 Å². The van der Waals surface area contributed by atoms with Crippen molar-refractivity contribution in [1.82, 2.24) is 10.6 Å². The third-order valence-corrected chi connectivity index (χ3v) is 3.42. The fraction of sp³-hybridized carbons (Fsp3) is 0.467. The molecule has 5 heteroatoms. The molecule has 0 aromatic heterocycles. The van der Waals surface area contributed by atoms with Gasteiger partial charge in [-0.2, -0.15) is 0 Å². The Morgan fingerprint density at radius 2 is 2.05 bits per heavy atom. The molecule has 3 N–H and O–H groups in total. The van der Waals surface area contributed by atoms with Crippen LogP contribution in [0.25, 0.3) is 0 Å². The molecular formula is C15H21N3O2. The molecule has 5 nitrogen and oxygen atoms in total. The Balaban J connectivity index is 1.92. The average Bonchev–Trinajstić information content (AvgIpc) is 2.49. The number of nitrogens with one attached hydrogen (secondary N) is 3. The molecule has 20 heavy (non-hydrogen) atoms. The van der Waals surface area contributed by atoms with E-state index in [-0.39, 0.29) is 17.7 Å². The van der Waals surface area contributed by atoms with Crippen LogP contribution < -0.4 is 16.0 Å². The number of benzene rings is 1. The van der Waals surface area contributed by atoms with Gasteiger partial charge in [0.1, 0.15) is 0 Å². The predicted octanol–water partition coefficient (Wildman–Crippen LogP) is 1.37. The standard InChI is InChI=1S/C15H21N3O2/c1-2-17-14(19)11-5-7-13(8-6-11)18-15(20)12-4-3-9-16-10-12/h5-8,12,16H,2-4,9-10H2,1H3,(H,17,19)(H,18,20)/t12-/m0/s1. The van der Waals surface area contributed by atoms with Crippen LogP contribution in [0.15, 0.2) is 24.3 Å². The molecule has 1 heterocycles. The van der Waals surface area contributed by atoms with Crippen molar-refractivity contribution in [3.63, 3.8) is 0 Å². The van der Waals surface area contributed by atoms with Gasteiger partial charge in [-0.1, -0.05) is 0 Å². The van der Waals surface area contributed by atoms with Gasteiger partial charge in [-0.15, -0.1) is 0 Å². The summed E-state index contributed by atoms with van der Waals surface area (Å²) in [6, 6.07) is 6.97. The minimum Gasteiger partial charge on any atom is -0.352 e. The lowest BCUT2D eigenvalue weighted by Crippen LogP contribution is -2.37. The van der Waals surface area contributed by atoms with Crippen molar-refractivity contribution in [3.8, 4) is 0 Å². The molecule has 0 saturated carbocycles. The Morgan fingerprint density at radius 1 is 1.30 bits per heavy atom. The van der Waals surface area contributed by atoms with Crippen molar-refractivity contribution < 1.29 is 9.59 Å². The van der Waals surface area contributed by atoms with Crippen LogP contribution in [-0.4, -0.2) is 31.4 Å². The third kappa shape index (κ3) is 3.81. The van der Waals surface area contributed by atoms with Crippen molar-refractivity contribution in [2.75, 3.05) is 25.0 Å². The number of carbonyl (C=O) groups is 2. The molecule has 1 aromatic rings. The summed E-state index contributed by atoms with van der Waals surface area (Å²) in [6.45, 7) is 4.21. The quantitative estimate of drug-likeness (QED) is 0.777. The van der Waals surface area contributed by atoms with Crippen LogP contribution in [-0.2, 0) is 4.79 Å². The van der Waals surface area contributed by atoms with Crippen molar-refractivity contribution in [2.24, 2.45) is 5.92 Å². The van der Waals surface area contributed by atoms with Crippen molar-refractivity contribution >= 4 is 17.5 Å². The Kier molecular flexibility index (Phi) is 5.12. The Morgan fingerprint density at radius 3 is 2.65 bits per heavy atom. The van der Waals surface area contributed by atoms with Gasteiger partial charge >= 0.3 is 0 Å². The van der Waals surface area contributed by atoms with Gasteiger partial charge in [-0.05, 0) is 50.6 Å². The van der Waals surface area contributed by atoms with Gasteiger partial charge in [0.05, 0.1) is 5.92 Å². The zero-order valence-electron chi connectivity index (χ0n) is 11.7. The van der Waals surface area contributed by atoms with Crippen LogP contribution in [0.4, 0.5) is 5.69 Å². The predicted molar refractivity (Wildman–Crippen MR) is 78.7 cm³/mol. The molecule has 0 spiro atoms. The van der Waals surface area contributed by atoms with E-state index in [1.165, 1.54) is 0 Å². The molecule has 1 atom stereocenters. The maximum absolute atomic E-state index is 12.1. The highest BCUT2D eigenvalue weighted by Gasteiger charge is 2.20. The molecule has 2 amide bonds. The lowest BCUT2D eigenvalue weighted by Gasteiger charge is -2.21. The first-order valence-corrected chi connectivity index (χ1v) is 7.10. The highest BCUT2D eigenvalue weighted by Crippen LogP contribution is 2.15. The minimum absolute atomic E-state index is 0.0341. The molecule has 1 aromatic carbocycles. The summed E-state index contributed by atoms with van der Waals surface area (Å²) in [4.78, 5) is 23.7. The Labute approximate surface area is 119 Å². The van der Waals surface area contributed by atoms with Gasteiger partial charge in [0.25, 0.3) is 5.91 Å². The molecular weight excluding hydrogens is 254 g/mol. The van der Waals surface area contributed by atoms with Gasteiger partial charge in [-0.25, -0.2) is 0 Å². The monoisotopic (exact) mass is 275 g/mol. The van der Waals surface area contributed by atoms with Crippen LogP contribution >= 0.6 is 0 Å². The highest BCUT2D eigenvalue weighted by molar-refractivity contribution is 5.96. The normalized spacial score (nSPS) is 18.4. The van der Waals surface area contributed by atoms with Crippen molar-refractivity contribution in [1.29, 1.82) is 0 Å².